The first-order chi connectivity index (χ1) is 3.55. The van der Waals surface area contributed by atoms with Crippen LogP contribution in [0.15, 0.2) is 0 Å². The zero-order valence-corrected chi connectivity index (χ0v) is 10.1. The van der Waals surface area contributed by atoms with Gasteiger partial charge in [0.2, 0.25) is 0 Å². The van der Waals surface area contributed by atoms with Crippen LogP contribution >= 0.6 is 13.6 Å². The van der Waals surface area contributed by atoms with Crippen LogP contribution in [0.1, 0.15) is 27.7 Å². The predicted octanol–water partition coefficient (Wildman–Crippen LogP) is 3.19. The van der Waals surface area contributed by atoms with Gasteiger partial charge < -0.3 is 0 Å². The Morgan fingerprint density at radius 2 is 1.25 bits per heavy atom. The first-order valence-corrected chi connectivity index (χ1v) is 11.7. The second-order valence-corrected chi connectivity index (χ2v) is 15.9. The first kappa shape index (κ1) is 9.12. The molecule has 0 aliphatic carbocycles. The van der Waals surface area contributed by atoms with Crippen molar-refractivity contribution in [2.45, 2.75) is 36.6 Å². The minimum atomic E-state index is -0.963. The van der Waals surface area contributed by atoms with Crippen molar-refractivity contribution < 1.29 is 0 Å². The van der Waals surface area contributed by atoms with Crippen LogP contribution in [0.3, 0.4) is 0 Å². The van der Waals surface area contributed by atoms with E-state index in [0.717, 1.165) is 8.94 Å². The van der Waals surface area contributed by atoms with Crippen LogP contribution in [-0.2, 0) is 0 Å². The summed E-state index contributed by atoms with van der Waals surface area (Å²) in [4.78, 5) is 0. The second kappa shape index (κ2) is 4.02. The molecular formula is C6H14BrGa. The molecule has 0 aromatic rings. The summed E-state index contributed by atoms with van der Waals surface area (Å²) < 4.78 is 1.89. The molecule has 0 heterocycles. The fourth-order valence-corrected chi connectivity index (χ4v) is 4.00. The molecule has 2 heteroatoms. The Labute approximate surface area is 64.4 Å². The molecule has 0 saturated carbocycles. The van der Waals surface area contributed by atoms with Gasteiger partial charge in [0.15, 0.2) is 0 Å². The van der Waals surface area contributed by atoms with E-state index in [2.05, 4.69) is 41.3 Å². The van der Waals surface area contributed by atoms with Gasteiger partial charge in [-0.25, -0.2) is 0 Å². The van der Waals surface area contributed by atoms with Crippen LogP contribution in [0.2, 0.25) is 8.94 Å². The van der Waals surface area contributed by atoms with Crippen molar-refractivity contribution in [3.05, 3.63) is 0 Å². The van der Waals surface area contributed by atoms with Crippen molar-refractivity contribution in [1.29, 1.82) is 0 Å². The molecule has 0 radical (unpaired) electrons. The summed E-state index contributed by atoms with van der Waals surface area (Å²) in [7, 11) is 0. The van der Waals surface area contributed by atoms with Gasteiger partial charge in [0.05, 0.1) is 0 Å². The topological polar surface area (TPSA) is 0 Å². The fraction of sp³-hybridized carbons (Fsp3) is 1.00. The van der Waals surface area contributed by atoms with Crippen molar-refractivity contribution in [1.82, 2.24) is 0 Å². The van der Waals surface area contributed by atoms with E-state index >= 15 is 0 Å². The van der Waals surface area contributed by atoms with Gasteiger partial charge in [0, 0.05) is 0 Å². The molecule has 48 valence electrons. The van der Waals surface area contributed by atoms with Crippen molar-refractivity contribution in [3.63, 3.8) is 0 Å². The van der Waals surface area contributed by atoms with Gasteiger partial charge in [-0.1, -0.05) is 0 Å². The Hall–Kier alpha value is 1.12. The Balaban J connectivity index is 3.46. The molecule has 0 atom stereocenters. The van der Waals surface area contributed by atoms with Gasteiger partial charge in [-0.05, 0) is 0 Å². The zero-order chi connectivity index (χ0) is 6.73. The predicted molar refractivity (Wildman–Crippen MR) is 44.9 cm³/mol. The molecule has 0 saturated heterocycles. The Kier molecular flexibility index (Phi) is 4.58. The molecule has 0 N–H and O–H groups in total. The van der Waals surface area contributed by atoms with E-state index in [1.165, 1.54) is 0 Å². The Morgan fingerprint density at radius 1 is 1.00 bits per heavy atom. The summed E-state index contributed by atoms with van der Waals surface area (Å²) >= 11 is 2.83. The number of halogens is 1. The summed E-state index contributed by atoms with van der Waals surface area (Å²) in [5.74, 6) is 0. The standard InChI is InChI=1S/2C3H7.BrH.Ga/c2*1-3-2;;/h2*3H,1-2H3;1H;/q;;;+1/p-1. The average Bonchev–Trinajstić information content (AvgIpc) is 1.64. The maximum absolute atomic E-state index is 3.79. The average molecular weight is 236 g/mol. The summed E-state index contributed by atoms with van der Waals surface area (Å²) in [6, 6.07) is 0. The zero-order valence-electron chi connectivity index (χ0n) is 6.11. The van der Waals surface area contributed by atoms with Crippen LogP contribution in [0, 0.1) is 0 Å². The summed E-state index contributed by atoms with van der Waals surface area (Å²) in [5.41, 5.74) is 0. The van der Waals surface area contributed by atoms with Crippen molar-refractivity contribution in [2.75, 3.05) is 0 Å². The van der Waals surface area contributed by atoms with E-state index in [9.17, 15) is 0 Å². The van der Waals surface area contributed by atoms with Gasteiger partial charge in [-0.2, -0.15) is 0 Å². The molecule has 0 aliphatic heterocycles. The third-order valence-electron chi connectivity index (χ3n) is 1.27. The summed E-state index contributed by atoms with van der Waals surface area (Å²) in [5, 5.41) is 0. The van der Waals surface area contributed by atoms with Gasteiger partial charge in [-0.3, -0.25) is 0 Å². The quantitative estimate of drug-likeness (QED) is 0.645. The molecule has 0 spiro atoms. The molecular weight excluding hydrogens is 222 g/mol. The summed E-state index contributed by atoms with van der Waals surface area (Å²) in [6.07, 6.45) is 0. The van der Waals surface area contributed by atoms with Crippen molar-refractivity contribution >= 4 is 27.8 Å². The SMILES string of the molecule is C[CH](C)[Ga]([Br])[CH](C)C. The molecule has 0 aliphatic rings. The van der Waals surface area contributed by atoms with Crippen molar-refractivity contribution in [2.24, 2.45) is 0 Å². The number of hydrogen-bond donors (Lipinski definition) is 0. The van der Waals surface area contributed by atoms with Crippen LogP contribution in [0.5, 0.6) is 0 Å². The molecule has 0 amide bonds. The minimum absolute atomic E-state index is 0.947. The maximum atomic E-state index is 3.79. The molecule has 0 unspecified atom stereocenters. The molecule has 0 bridgehead atoms. The van der Waals surface area contributed by atoms with Gasteiger partial charge >= 0.3 is 64.4 Å². The number of rotatable bonds is 2. The Bertz CT molecular complexity index is 53.5. The summed E-state index contributed by atoms with van der Waals surface area (Å²) in [6.45, 7) is 9.28. The monoisotopic (exact) mass is 234 g/mol. The van der Waals surface area contributed by atoms with Gasteiger partial charge in [-0.15, -0.1) is 0 Å². The normalized spacial score (nSPS) is 10.9. The van der Waals surface area contributed by atoms with E-state index in [-0.39, 0.29) is 0 Å². The molecule has 0 nitrogen and oxygen atoms in total. The molecule has 8 heavy (non-hydrogen) atoms. The van der Waals surface area contributed by atoms with E-state index < -0.39 is 14.2 Å². The fourth-order valence-electron chi connectivity index (χ4n) is 0.770. The third-order valence-corrected chi connectivity index (χ3v) is 17.6. The van der Waals surface area contributed by atoms with Crippen LogP contribution in [-0.4, -0.2) is 14.2 Å². The number of hydrogen-bond acceptors (Lipinski definition) is 0. The van der Waals surface area contributed by atoms with Crippen LogP contribution in [0.25, 0.3) is 0 Å². The van der Waals surface area contributed by atoms with E-state index in [0.29, 0.717) is 0 Å². The van der Waals surface area contributed by atoms with Crippen molar-refractivity contribution in [3.8, 4) is 0 Å². The van der Waals surface area contributed by atoms with Gasteiger partial charge in [0.1, 0.15) is 0 Å². The molecule has 0 aromatic carbocycles. The van der Waals surface area contributed by atoms with Crippen LogP contribution < -0.4 is 0 Å². The van der Waals surface area contributed by atoms with E-state index in [1.54, 1.807) is 0 Å². The molecule has 0 fully saturated rings. The van der Waals surface area contributed by atoms with E-state index in [1.807, 2.05) is 0 Å². The molecule has 0 rings (SSSR count). The second-order valence-electron chi connectivity index (χ2n) is 2.93. The first-order valence-electron chi connectivity index (χ1n) is 3.19. The van der Waals surface area contributed by atoms with Crippen LogP contribution in [0.4, 0.5) is 0 Å². The molecule has 0 aromatic heterocycles. The third kappa shape index (κ3) is 3.20. The van der Waals surface area contributed by atoms with Gasteiger partial charge in [0.25, 0.3) is 0 Å². The van der Waals surface area contributed by atoms with E-state index in [4.69, 9.17) is 0 Å². The Morgan fingerprint density at radius 3 is 1.25 bits per heavy atom.